The highest BCUT2D eigenvalue weighted by molar-refractivity contribution is 8.00. The van der Waals surface area contributed by atoms with Crippen LogP contribution in [-0.2, 0) is 9.59 Å². The Bertz CT molecular complexity index is 1160. The first-order valence-electron chi connectivity index (χ1n) is 9.89. The molecule has 32 heavy (non-hydrogen) atoms. The molecule has 9 nitrogen and oxygen atoms in total. The standard InChI is InChI=1S/C22H23N5O4S/c1-4-18(28)24-17-8-6-5-7-16(17)19-21(30)25-22(27-26-19)32-13(2)20(29)23-14-9-11-15(31-3)12-10-14/h5-13H,4H2,1-3H3,(H,23,29)(H,24,28)(H,25,27,30). The van der Waals surface area contributed by atoms with E-state index in [9.17, 15) is 14.4 Å². The summed E-state index contributed by atoms with van der Waals surface area (Å²) in [5.41, 5.74) is 1.18. The number of carbonyl (C=O) groups is 2. The van der Waals surface area contributed by atoms with E-state index in [0.29, 0.717) is 29.1 Å². The van der Waals surface area contributed by atoms with Crippen LogP contribution in [0.15, 0.2) is 58.5 Å². The molecule has 0 saturated heterocycles. The molecule has 0 spiro atoms. The van der Waals surface area contributed by atoms with E-state index >= 15 is 0 Å². The molecule has 0 saturated carbocycles. The third kappa shape index (κ3) is 5.73. The number of nitrogens with zero attached hydrogens (tertiary/aromatic N) is 2. The number of hydrogen-bond donors (Lipinski definition) is 3. The molecule has 0 aliphatic carbocycles. The van der Waals surface area contributed by atoms with Crippen molar-refractivity contribution in [2.75, 3.05) is 17.7 Å². The minimum Gasteiger partial charge on any atom is -0.497 e. The van der Waals surface area contributed by atoms with Crippen LogP contribution in [0.2, 0.25) is 0 Å². The molecule has 1 heterocycles. The number of benzene rings is 2. The summed E-state index contributed by atoms with van der Waals surface area (Å²) in [5.74, 6) is 0.263. The van der Waals surface area contributed by atoms with Crippen molar-refractivity contribution in [1.82, 2.24) is 15.2 Å². The third-order valence-corrected chi connectivity index (χ3v) is 5.44. The summed E-state index contributed by atoms with van der Waals surface area (Å²) in [6.07, 6.45) is 0.308. The SMILES string of the molecule is CCC(=O)Nc1ccccc1-c1nnc(SC(C)C(=O)Nc2ccc(OC)cc2)[nH]c1=O. The Morgan fingerprint density at radius 1 is 1.09 bits per heavy atom. The Balaban J connectivity index is 1.72. The van der Waals surface area contributed by atoms with Gasteiger partial charge >= 0.3 is 0 Å². The number of aromatic amines is 1. The number of hydrogen-bond acceptors (Lipinski definition) is 7. The van der Waals surface area contributed by atoms with Crippen molar-refractivity contribution >= 4 is 35.0 Å². The molecule has 3 N–H and O–H groups in total. The van der Waals surface area contributed by atoms with E-state index in [0.717, 1.165) is 11.8 Å². The fourth-order valence-corrected chi connectivity index (χ4v) is 3.47. The summed E-state index contributed by atoms with van der Waals surface area (Å²) in [6, 6.07) is 13.8. The minimum absolute atomic E-state index is 0.0803. The molecule has 1 aromatic heterocycles. The van der Waals surface area contributed by atoms with Gasteiger partial charge in [0.1, 0.15) is 5.75 Å². The maximum atomic E-state index is 12.7. The Morgan fingerprint density at radius 3 is 2.47 bits per heavy atom. The molecule has 3 rings (SSSR count). The highest BCUT2D eigenvalue weighted by Gasteiger charge is 2.18. The average Bonchev–Trinajstić information content (AvgIpc) is 2.80. The van der Waals surface area contributed by atoms with Gasteiger partial charge in [-0.2, -0.15) is 0 Å². The molecule has 0 aliphatic heterocycles. The molecule has 0 bridgehead atoms. The number of anilines is 2. The smallest absolute Gasteiger partial charge is 0.278 e. The zero-order chi connectivity index (χ0) is 23.1. The summed E-state index contributed by atoms with van der Waals surface area (Å²) in [6.45, 7) is 3.44. The summed E-state index contributed by atoms with van der Waals surface area (Å²) >= 11 is 1.08. The maximum Gasteiger partial charge on any atom is 0.278 e. The Morgan fingerprint density at radius 2 is 1.81 bits per heavy atom. The Labute approximate surface area is 189 Å². The van der Waals surface area contributed by atoms with Gasteiger partial charge < -0.3 is 15.4 Å². The lowest BCUT2D eigenvalue weighted by molar-refractivity contribution is -0.116. The number of rotatable bonds is 8. The molecule has 166 valence electrons. The summed E-state index contributed by atoms with van der Waals surface area (Å²) < 4.78 is 5.10. The van der Waals surface area contributed by atoms with Gasteiger partial charge in [-0.15, -0.1) is 10.2 Å². The van der Waals surface area contributed by atoms with Crippen LogP contribution in [0.4, 0.5) is 11.4 Å². The maximum absolute atomic E-state index is 12.7. The molecule has 1 atom stereocenters. The lowest BCUT2D eigenvalue weighted by Gasteiger charge is -2.12. The quantitative estimate of drug-likeness (QED) is 0.447. The fourth-order valence-electron chi connectivity index (χ4n) is 2.73. The molecule has 2 aromatic carbocycles. The van der Waals surface area contributed by atoms with Gasteiger partial charge in [0.2, 0.25) is 11.8 Å². The van der Waals surface area contributed by atoms with E-state index < -0.39 is 10.8 Å². The largest absolute Gasteiger partial charge is 0.497 e. The van der Waals surface area contributed by atoms with Crippen LogP contribution < -0.4 is 20.9 Å². The van der Waals surface area contributed by atoms with Crippen molar-refractivity contribution in [2.45, 2.75) is 30.7 Å². The monoisotopic (exact) mass is 453 g/mol. The van der Waals surface area contributed by atoms with Gasteiger partial charge in [-0.1, -0.05) is 36.9 Å². The first-order chi connectivity index (χ1) is 15.4. The fraction of sp³-hybridized carbons (Fsp3) is 0.227. The highest BCUT2D eigenvalue weighted by Crippen LogP contribution is 2.25. The second-order valence-corrected chi connectivity index (χ2v) is 8.06. The van der Waals surface area contributed by atoms with E-state index in [4.69, 9.17) is 4.74 Å². The number of H-pyrrole nitrogens is 1. The second-order valence-electron chi connectivity index (χ2n) is 6.73. The summed E-state index contributed by atoms with van der Waals surface area (Å²) in [7, 11) is 1.57. The van der Waals surface area contributed by atoms with Crippen molar-refractivity contribution in [1.29, 1.82) is 0 Å². The van der Waals surface area contributed by atoms with Gasteiger partial charge in [-0.25, -0.2) is 0 Å². The van der Waals surface area contributed by atoms with Gasteiger partial charge in [-0.05, 0) is 37.3 Å². The first-order valence-corrected chi connectivity index (χ1v) is 10.8. The number of amides is 2. The van der Waals surface area contributed by atoms with Crippen molar-refractivity contribution < 1.29 is 14.3 Å². The van der Waals surface area contributed by atoms with Crippen LogP contribution in [0.1, 0.15) is 20.3 Å². The number of methoxy groups -OCH3 is 1. The third-order valence-electron chi connectivity index (χ3n) is 4.47. The van der Waals surface area contributed by atoms with E-state index in [2.05, 4.69) is 25.8 Å². The molecule has 0 aliphatic rings. The molecule has 2 amide bonds. The van der Waals surface area contributed by atoms with E-state index in [1.54, 1.807) is 69.5 Å². The number of thioether (sulfide) groups is 1. The van der Waals surface area contributed by atoms with Gasteiger partial charge in [0.05, 0.1) is 18.0 Å². The van der Waals surface area contributed by atoms with Crippen LogP contribution in [0.25, 0.3) is 11.3 Å². The van der Waals surface area contributed by atoms with Crippen LogP contribution >= 0.6 is 11.8 Å². The number of ether oxygens (including phenoxy) is 1. The zero-order valence-electron chi connectivity index (χ0n) is 17.8. The van der Waals surface area contributed by atoms with E-state index in [-0.39, 0.29) is 22.7 Å². The van der Waals surface area contributed by atoms with Crippen molar-refractivity contribution in [2.24, 2.45) is 0 Å². The van der Waals surface area contributed by atoms with Crippen LogP contribution in [0.5, 0.6) is 5.75 Å². The number of nitrogens with one attached hydrogen (secondary N) is 3. The first kappa shape index (κ1) is 23.0. The lowest BCUT2D eigenvalue weighted by atomic mass is 10.1. The molecule has 3 aromatic rings. The van der Waals surface area contributed by atoms with Crippen LogP contribution in [-0.4, -0.2) is 39.4 Å². The van der Waals surface area contributed by atoms with E-state index in [1.165, 1.54) is 0 Å². The molecular formula is C22H23N5O4S. The predicted octanol–water partition coefficient (Wildman–Crippen LogP) is 3.31. The second kappa shape index (κ2) is 10.6. The average molecular weight is 454 g/mol. The Hall–Kier alpha value is -3.66. The Kier molecular flexibility index (Phi) is 7.61. The molecule has 0 radical (unpaired) electrons. The zero-order valence-corrected chi connectivity index (χ0v) is 18.7. The van der Waals surface area contributed by atoms with Gasteiger partial charge in [0.25, 0.3) is 5.56 Å². The highest BCUT2D eigenvalue weighted by atomic mass is 32.2. The van der Waals surface area contributed by atoms with Crippen molar-refractivity contribution in [3.63, 3.8) is 0 Å². The van der Waals surface area contributed by atoms with Gasteiger partial charge in [-0.3, -0.25) is 19.4 Å². The molecule has 1 unspecified atom stereocenters. The van der Waals surface area contributed by atoms with Crippen LogP contribution in [0.3, 0.4) is 0 Å². The van der Waals surface area contributed by atoms with E-state index in [1.807, 2.05) is 0 Å². The topological polar surface area (TPSA) is 126 Å². The predicted molar refractivity (Wildman–Crippen MR) is 124 cm³/mol. The molecule has 10 heteroatoms. The lowest BCUT2D eigenvalue weighted by Crippen LogP contribution is -2.23. The number of para-hydroxylation sites is 1. The van der Waals surface area contributed by atoms with Crippen molar-refractivity contribution in [3.05, 3.63) is 58.9 Å². The van der Waals surface area contributed by atoms with Gasteiger partial charge in [0, 0.05) is 17.7 Å². The number of aromatic nitrogens is 3. The van der Waals surface area contributed by atoms with Crippen molar-refractivity contribution in [3.8, 4) is 17.0 Å². The number of carbonyl (C=O) groups excluding carboxylic acids is 2. The normalized spacial score (nSPS) is 11.5. The van der Waals surface area contributed by atoms with Crippen LogP contribution in [0, 0.1) is 0 Å². The summed E-state index contributed by atoms with van der Waals surface area (Å²) in [4.78, 5) is 39.6. The van der Waals surface area contributed by atoms with Gasteiger partial charge in [0.15, 0.2) is 10.9 Å². The molecular weight excluding hydrogens is 430 g/mol. The molecule has 0 fully saturated rings. The summed E-state index contributed by atoms with van der Waals surface area (Å²) in [5, 5.41) is 13.3. The minimum atomic E-state index is -0.538.